The van der Waals surface area contributed by atoms with E-state index in [1.165, 1.54) is 0 Å². The lowest BCUT2D eigenvalue weighted by Crippen LogP contribution is -2.23. The number of nitrogens with one attached hydrogen (secondary N) is 1. The zero-order valence-corrected chi connectivity index (χ0v) is 14.6. The fourth-order valence-electron chi connectivity index (χ4n) is 2.30. The molecule has 0 saturated carbocycles. The molecule has 2 atom stereocenters. The summed E-state index contributed by atoms with van der Waals surface area (Å²) < 4.78 is 0.941. The molecule has 5 heteroatoms. The molecule has 21 heavy (non-hydrogen) atoms. The quantitative estimate of drug-likeness (QED) is 0.771. The van der Waals surface area contributed by atoms with E-state index in [9.17, 15) is 5.11 Å². The van der Waals surface area contributed by atoms with E-state index < -0.39 is 6.10 Å². The van der Waals surface area contributed by atoms with Crippen molar-refractivity contribution in [3.8, 4) is 0 Å². The fraction of sp³-hybridized carbons (Fsp3) is 0.250. The number of hydrogen-bond acceptors (Lipinski definition) is 2. The van der Waals surface area contributed by atoms with Gasteiger partial charge in [0.15, 0.2) is 0 Å². The zero-order chi connectivity index (χ0) is 15.4. The highest BCUT2D eigenvalue weighted by atomic mass is 79.9. The van der Waals surface area contributed by atoms with Gasteiger partial charge in [0.1, 0.15) is 0 Å². The molecule has 0 spiro atoms. The Balaban J connectivity index is 2.35. The first kappa shape index (κ1) is 16.8. The highest BCUT2D eigenvalue weighted by Crippen LogP contribution is 2.34. The highest BCUT2D eigenvalue weighted by Gasteiger charge is 2.23. The van der Waals surface area contributed by atoms with Crippen LogP contribution in [0.2, 0.25) is 10.0 Å². The predicted octanol–water partition coefficient (Wildman–Crippen LogP) is 4.79. The van der Waals surface area contributed by atoms with Gasteiger partial charge >= 0.3 is 0 Å². The summed E-state index contributed by atoms with van der Waals surface area (Å²) >= 11 is 15.5. The van der Waals surface area contributed by atoms with Crippen LogP contribution in [0.1, 0.15) is 23.1 Å². The summed E-state index contributed by atoms with van der Waals surface area (Å²) in [7, 11) is 1.86. The Bertz CT molecular complexity index is 621. The molecule has 2 aromatic carbocycles. The summed E-state index contributed by atoms with van der Waals surface area (Å²) in [5.41, 5.74) is 1.81. The molecule has 0 aliphatic heterocycles. The van der Waals surface area contributed by atoms with E-state index in [1.807, 2.05) is 43.4 Å². The van der Waals surface area contributed by atoms with Crippen molar-refractivity contribution < 1.29 is 5.11 Å². The highest BCUT2D eigenvalue weighted by molar-refractivity contribution is 9.10. The van der Waals surface area contributed by atoms with E-state index in [1.54, 1.807) is 6.07 Å². The Morgan fingerprint density at radius 3 is 2.48 bits per heavy atom. The normalized spacial score (nSPS) is 14.0. The number of aliphatic hydroxyl groups excluding tert-OH is 1. The molecular formula is C16H16BrCl2NO. The van der Waals surface area contributed by atoms with Crippen LogP contribution < -0.4 is 5.32 Å². The maximum Gasteiger partial charge on any atom is 0.0871 e. The molecule has 2 N–H and O–H groups in total. The van der Waals surface area contributed by atoms with Crippen LogP contribution >= 0.6 is 39.1 Å². The minimum Gasteiger partial charge on any atom is -0.388 e. The van der Waals surface area contributed by atoms with Gasteiger partial charge in [0, 0.05) is 16.9 Å². The molecule has 0 amide bonds. The Kier molecular flexibility index (Phi) is 6.08. The third-order valence-corrected chi connectivity index (χ3v) is 4.60. The smallest absolute Gasteiger partial charge is 0.0871 e. The third-order valence-electron chi connectivity index (χ3n) is 3.37. The number of aliphatic hydroxyl groups is 1. The first-order valence-electron chi connectivity index (χ1n) is 6.56. The Labute approximate surface area is 143 Å². The lowest BCUT2D eigenvalue weighted by Gasteiger charge is -2.24. The van der Waals surface area contributed by atoms with Crippen LogP contribution in [-0.4, -0.2) is 18.7 Å². The molecular weight excluding hydrogens is 373 g/mol. The summed E-state index contributed by atoms with van der Waals surface area (Å²) in [5, 5.41) is 14.8. The van der Waals surface area contributed by atoms with Gasteiger partial charge in [-0.15, -0.1) is 0 Å². The largest absolute Gasteiger partial charge is 0.388 e. The van der Waals surface area contributed by atoms with Crippen molar-refractivity contribution in [2.24, 2.45) is 0 Å². The molecule has 2 aromatic rings. The number of halogens is 3. The van der Waals surface area contributed by atoms with Gasteiger partial charge < -0.3 is 10.4 Å². The average Bonchev–Trinajstić information content (AvgIpc) is 2.47. The van der Waals surface area contributed by atoms with Gasteiger partial charge in [-0.1, -0.05) is 57.3 Å². The van der Waals surface area contributed by atoms with Crippen LogP contribution in [0, 0.1) is 0 Å². The van der Waals surface area contributed by atoms with Gasteiger partial charge in [0.05, 0.1) is 16.1 Å². The van der Waals surface area contributed by atoms with Gasteiger partial charge in [-0.3, -0.25) is 0 Å². The third kappa shape index (κ3) is 4.21. The number of rotatable bonds is 5. The van der Waals surface area contributed by atoms with E-state index in [4.69, 9.17) is 23.2 Å². The monoisotopic (exact) mass is 387 g/mol. The number of hydrogen-bond donors (Lipinski definition) is 2. The Morgan fingerprint density at radius 2 is 1.86 bits per heavy atom. The topological polar surface area (TPSA) is 32.3 Å². The summed E-state index contributed by atoms with van der Waals surface area (Å²) in [6.07, 6.45) is -0.632. The van der Waals surface area contributed by atoms with Gasteiger partial charge in [-0.05, 0) is 42.4 Å². The molecule has 0 radical (unpaired) electrons. The minimum absolute atomic E-state index is 0.112. The van der Waals surface area contributed by atoms with Crippen molar-refractivity contribution in [1.82, 2.24) is 5.32 Å². The van der Waals surface area contributed by atoms with Gasteiger partial charge in [-0.25, -0.2) is 0 Å². The van der Waals surface area contributed by atoms with Gasteiger partial charge in [-0.2, -0.15) is 0 Å². The lowest BCUT2D eigenvalue weighted by molar-refractivity contribution is 0.144. The summed E-state index contributed by atoms with van der Waals surface area (Å²) in [6, 6.07) is 13.1. The average molecular weight is 389 g/mol. The van der Waals surface area contributed by atoms with Crippen LogP contribution in [0.5, 0.6) is 0 Å². The number of benzene rings is 2. The Hall–Kier alpha value is -0.580. The molecule has 0 heterocycles. The van der Waals surface area contributed by atoms with Gasteiger partial charge in [0.2, 0.25) is 0 Å². The van der Waals surface area contributed by atoms with Crippen LogP contribution in [-0.2, 0) is 0 Å². The summed E-state index contributed by atoms with van der Waals surface area (Å²) in [4.78, 5) is 0. The summed E-state index contributed by atoms with van der Waals surface area (Å²) in [6.45, 7) is 0.631. The van der Waals surface area contributed by atoms with E-state index in [2.05, 4.69) is 21.2 Å². The SMILES string of the molecule is CNCC(c1ccc(Cl)c(Cl)c1)C(O)c1cccc(Br)c1. The minimum atomic E-state index is -0.632. The molecule has 2 rings (SSSR count). The molecule has 0 saturated heterocycles. The van der Waals surface area contributed by atoms with Crippen LogP contribution in [0.4, 0.5) is 0 Å². The van der Waals surface area contributed by atoms with Crippen molar-refractivity contribution in [2.75, 3.05) is 13.6 Å². The lowest BCUT2D eigenvalue weighted by atomic mass is 9.89. The second-order valence-corrected chi connectivity index (χ2v) is 6.57. The van der Waals surface area contributed by atoms with E-state index in [0.717, 1.165) is 15.6 Å². The molecule has 2 unspecified atom stereocenters. The zero-order valence-electron chi connectivity index (χ0n) is 11.5. The van der Waals surface area contributed by atoms with Crippen LogP contribution in [0.3, 0.4) is 0 Å². The molecule has 2 nitrogen and oxygen atoms in total. The standard InChI is InChI=1S/C16H16BrCl2NO/c1-20-9-13(10-5-6-14(18)15(19)8-10)16(21)11-3-2-4-12(17)7-11/h2-8,13,16,20-21H,9H2,1H3. The van der Waals surface area contributed by atoms with E-state index in [0.29, 0.717) is 16.6 Å². The van der Waals surface area contributed by atoms with Crippen LogP contribution in [0.15, 0.2) is 46.9 Å². The molecule has 0 aliphatic carbocycles. The molecule has 0 bridgehead atoms. The summed E-state index contributed by atoms with van der Waals surface area (Å²) in [5.74, 6) is -0.112. The second-order valence-electron chi connectivity index (χ2n) is 4.84. The molecule has 0 aromatic heterocycles. The number of likely N-dealkylation sites (N-methyl/N-ethyl adjacent to an activating group) is 1. The van der Waals surface area contributed by atoms with E-state index >= 15 is 0 Å². The maximum absolute atomic E-state index is 10.7. The van der Waals surface area contributed by atoms with Crippen LogP contribution in [0.25, 0.3) is 0 Å². The van der Waals surface area contributed by atoms with Gasteiger partial charge in [0.25, 0.3) is 0 Å². The van der Waals surface area contributed by atoms with Crippen molar-refractivity contribution in [3.05, 3.63) is 68.1 Å². The molecule has 0 aliphatic rings. The predicted molar refractivity (Wildman–Crippen MR) is 92.2 cm³/mol. The second kappa shape index (κ2) is 7.61. The fourth-order valence-corrected chi connectivity index (χ4v) is 3.02. The first-order valence-corrected chi connectivity index (χ1v) is 8.11. The maximum atomic E-state index is 10.7. The van der Waals surface area contributed by atoms with Crippen molar-refractivity contribution >= 4 is 39.1 Å². The first-order chi connectivity index (χ1) is 10.0. The molecule has 0 fully saturated rings. The van der Waals surface area contributed by atoms with E-state index in [-0.39, 0.29) is 5.92 Å². The Morgan fingerprint density at radius 1 is 1.10 bits per heavy atom. The van der Waals surface area contributed by atoms with Crippen molar-refractivity contribution in [2.45, 2.75) is 12.0 Å². The molecule has 112 valence electrons. The van der Waals surface area contributed by atoms with Crippen molar-refractivity contribution in [3.63, 3.8) is 0 Å². The van der Waals surface area contributed by atoms with Crippen molar-refractivity contribution in [1.29, 1.82) is 0 Å².